The van der Waals surface area contributed by atoms with Crippen LogP contribution in [0.25, 0.3) is 0 Å². The summed E-state index contributed by atoms with van der Waals surface area (Å²) in [5.74, 6) is -0.259. The fourth-order valence-corrected chi connectivity index (χ4v) is 5.11. The van der Waals surface area contributed by atoms with E-state index in [1.54, 1.807) is 15.8 Å². The molecule has 0 bridgehead atoms. The Hall–Kier alpha value is -2.10. The molecule has 4 rings (SSSR count). The van der Waals surface area contributed by atoms with Crippen LogP contribution in [0.2, 0.25) is 5.02 Å². The molecule has 8 nitrogen and oxygen atoms in total. The Bertz CT molecular complexity index is 993. The summed E-state index contributed by atoms with van der Waals surface area (Å²) < 4.78 is 29.6. The van der Waals surface area contributed by atoms with Gasteiger partial charge in [0.1, 0.15) is 0 Å². The molecule has 2 aromatic rings. The highest BCUT2D eigenvalue weighted by Crippen LogP contribution is 2.25. The van der Waals surface area contributed by atoms with Crippen molar-refractivity contribution in [1.29, 1.82) is 0 Å². The number of amides is 1. The van der Waals surface area contributed by atoms with Crippen LogP contribution in [0.1, 0.15) is 23.7 Å². The SMILES string of the molecule is CCCn1cc(C(=O)N2CC2)c(S(=O)(=O)N2CCN(c3ccc(Cl)cc3)CC2)n1. The Morgan fingerprint density at radius 3 is 2.31 bits per heavy atom. The summed E-state index contributed by atoms with van der Waals surface area (Å²) in [4.78, 5) is 16.4. The largest absolute Gasteiger partial charge is 0.369 e. The van der Waals surface area contributed by atoms with Crippen molar-refractivity contribution in [3.8, 4) is 0 Å². The number of hydrogen-bond donors (Lipinski definition) is 0. The number of carbonyl (C=O) groups excluding carboxylic acids is 1. The highest BCUT2D eigenvalue weighted by atomic mass is 35.5. The van der Waals surface area contributed by atoms with E-state index in [1.807, 2.05) is 31.2 Å². The van der Waals surface area contributed by atoms with Crippen molar-refractivity contribution in [3.05, 3.63) is 41.0 Å². The zero-order valence-corrected chi connectivity index (χ0v) is 17.9. The second-order valence-electron chi connectivity index (χ2n) is 7.27. The van der Waals surface area contributed by atoms with Gasteiger partial charge in [-0.05, 0) is 30.7 Å². The molecule has 10 heteroatoms. The maximum Gasteiger partial charge on any atom is 0.263 e. The number of nitrogens with zero attached hydrogens (tertiary/aromatic N) is 5. The molecule has 0 radical (unpaired) electrons. The molecule has 2 aliphatic rings. The third kappa shape index (κ3) is 4.12. The van der Waals surface area contributed by atoms with Gasteiger partial charge in [-0.2, -0.15) is 9.40 Å². The zero-order valence-electron chi connectivity index (χ0n) is 16.3. The average molecular weight is 438 g/mol. The zero-order chi connectivity index (χ0) is 20.6. The molecule has 0 N–H and O–H groups in total. The number of halogens is 1. The molecule has 0 spiro atoms. The van der Waals surface area contributed by atoms with Gasteiger partial charge in [0.05, 0.1) is 5.56 Å². The molecule has 1 aromatic carbocycles. The van der Waals surface area contributed by atoms with Crippen LogP contribution in [-0.4, -0.2) is 72.6 Å². The normalized spacial score (nSPS) is 17.6. The van der Waals surface area contributed by atoms with Gasteiger partial charge >= 0.3 is 0 Å². The Balaban J connectivity index is 1.54. The van der Waals surface area contributed by atoms with E-state index in [2.05, 4.69) is 10.00 Å². The second kappa shape index (κ2) is 7.97. The van der Waals surface area contributed by atoms with E-state index in [1.165, 1.54) is 4.31 Å². The maximum absolute atomic E-state index is 13.3. The van der Waals surface area contributed by atoms with Crippen LogP contribution in [0, 0.1) is 0 Å². The first-order valence-electron chi connectivity index (χ1n) is 9.77. The van der Waals surface area contributed by atoms with Crippen molar-refractivity contribution in [2.45, 2.75) is 24.9 Å². The number of aromatic nitrogens is 2. The average Bonchev–Trinajstić information content (AvgIpc) is 3.48. The first kappa shape index (κ1) is 20.2. The molecule has 29 heavy (non-hydrogen) atoms. The fourth-order valence-electron chi connectivity index (χ4n) is 3.47. The van der Waals surface area contributed by atoms with E-state index >= 15 is 0 Å². The third-order valence-corrected chi connectivity index (χ3v) is 7.25. The topological polar surface area (TPSA) is 78.5 Å². The summed E-state index contributed by atoms with van der Waals surface area (Å²) in [7, 11) is -3.85. The second-order valence-corrected chi connectivity index (χ2v) is 9.56. The lowest BCUT2D eigenvalue weighted by Gasteiger charge is -2.35. The lowest BCUT2D eigenvalue weighted by atomic mass is 10.2. The fraction of sp³-hybridized carbons (Fsp3) is 0.474. The molecular formula is C19H24ClN5O3S. The van der Waals surface area contributed by atoms with Crippen LogP contribution in [0.3, 0.4) is 0 Å². The molecule has 156 valence electrons. The van der Waals surface area contributed by atoms with Gasteiger partial charge in [0.25, 0.3) is 15.9 Å². The molecule has 0 unspecified atom stereocenters. The van der Waals surface area contributed by atoms with Crippen molar-refractivity contribution in [2.75, 3.05) is 44.2 Å². The molecule has 1 amide bonds. The molecule has 0 atom stereocenters. The number of carbonyl (C=O) groups is 1. The van der Waals surface area contributed by atoms with Crippen molar-refractivity contribution >= 4 is 33.2 Å². The van der Waals surface area contributed by atoms with Gasteiger partial charge in [0.2, 0.25) is 5.03 Å². The van der Waals surface area contributed by atoms with Crippen molar-refractivity contribution < 1.29 is 13.2 Å². The Labute approximate surface area is 175 Å². The van der Waals surface area contributed by atoms with E-state index in [0.717, 1.165) is 12.1 Å². The van der Waals surface area contributed by atoms with Crippen LogP contribution in [0.5, 0.6) is 0 Å². The maximum atomic E-state index is 13.3. The van der Waals surface area contributed by atoms with Gasteiger partial charge in [0.15, 0.2) is 0 Å². The van der Waals surface area contributed by atoms with Gasteiger partial charge < -0.3 is 9.80 Å². The molecule has 0 saturated carbocycles. The van der Waals surface area contributed by atoms with E-state index in [-0.39, 0.29) is 16.5 Å². The number of hydrogen-bond acceptors (Lipinski definition) is 5. The predicted molar refractivity (Wildman–Crippen MR) is 111 cm³/mol. The number of benzene rings is 1. The van der Waals surface area contributed by atoms with Gasteiger partial charge in [-0.3, -0.25) is 9.48 Å². The van der Waals surface area contributed by atoms with Gasteiger partial charge in [-0.25, -0.2) is 8.42 Å². The van der Waals surface area contributed by atoms with Crippen LogP contribution in [0.15, 0.2) is 35.5 Å². The van der Waals surface area contributed by atoms with Crippen LogP contribution >= 0.6 is 11.6 Å². The van der Waals surface area contributed by atoms with Crippen LogP contribution in [-0.2, 0) is 16.6 Å². The monoisotopic (exact) mass is 437 g/mol. The number of sulfonamides is 1. The Morgan fingerprint density at radius 1 is 1.07 bits per heavy atom. The molecule has 2 saturated heterocycles. The molecule has 0 aliphatic carbocycles. The number of anilines is 1. The summed E-state index contributed by atoms with van der Waals surface area (Å²) in [6.45, 7) is 5.68. The van der Waals surface area contributed by atoms with Crippen molar-refractivity contribution in [1.82, 2.24) is 19.0 Å². The number of aryl methyl sites for hydroxylation is 1. The summed E-state index contributed by atoms with van der Waals surface area (Å²) in [5.41, 5.74) is 1.19. The first-order valence-corrected chi connectivity index (χ1v) is 11.6. The minimum Gasteiger partial charge on any atom is -0.369 e. The Kier molecular flexibility index (Phi) is 5.54. The summed E-state index contributed by atoms with van der Waals surface area (Å²) in [5, 5.41) is 4.82. The van der Waals surface area contributed by atoms with E-state index < -0.39 is 10.0 Å². The van der Waals surface area contributed by atoms with E-state index in [4.69, 9.17) is 11.6 Å². The highest BCUT2D eigenvalue weighted by molar-refractivity contribution is 7.89. The number of piperazine rings is 1. The molecule has 3 heterocycles. The molecule has 2 aliphatic heterocycles. The van der Waals surface area contributed by atoms with Crippen molar-refractivity contribution in [2.24, 2.45) is 0 Å². The third-order valence-electron chi connectivity index (χ3n) is 5.16. The van der Waals surface area contributed by atoms with Crippen LogP contribution < -0.4 is 4.90 Å². The first-order chi connectivity index (χ1) is 13.9. The van der Waals surface area contributed by atoms with Gasteiger partial charge in [-0.1, -0.05) is 18.5 Å². The standard InChI is InChI=1S/C19H24ClN5O3S/c1-2-7-24-14-17(19(26)23-8-9-23)18(21-24)29(27,28)25-12-10-22(11-13-25)16-5-3-15(20)4-6-16/h3-6,14H,2,7-13H2,1H3. The molecule has 2 fully saturated rings. The molecular weight excluding hydrogens is 414 g/mol. The van der Waals surface area contributed by atoms with E-state index in [0.29, 0.717) is 50.8 Å². The van der Waals surface area contributed by atoms with Gasteiger partial charge in [-0.15, -0.1) is 0 Å². The minimum atomic E-state index is -3.85. The smallest absolute Gasteiger partial charge is 0.263 e. The van der Waals surface area contributed by atoms with Gasteiger partial charge in [0, 0.05) is 62.7 Å². The summed E-state index contributed by atoms with van der Waals surface area (Å²) in [6, 6.07) is 7.51. The predicted octanol–water partition coefficient (Wildman–Crippen LogP) is 1.91. The minimum absolute atomic E-state index is 0.122. The molecule has 1 aromatic heterocycles. The highest BCUT2D eigenvalue weighted by Gasteiger charge is 2.37. The Morgan fingerprint density at radius 2 is 1.72 bits per heavy atom. The van der Waals surface area contributed by atoms with Crippen molar-refractivity contribution in [3.63, 3.8) is 0 Å². The summed E-state index contributed by atoms with van der Waals surface area (Å²) in [6.07, 6.45) is 2.37. The summed E-state index contributed by atoms with van der Waals surface area (Å²) >= 11 is 5.95. The van der Waals surface area contributed by atoms with E-state index in [9.17, 15) is 13.2 Å². The lowest BCUT2D eigenvalue weighted by molar-refractivity contribution is 0.0881. The number of rotatable bonds is 6. The quantitative estimate of drug-likeness (QED) is 0.645. The van der Waals surface area contributed by atoms with Crippen LogP contribution in [0.4, 0.5) is 5.69 Å². The lowest BCUT2D eigenvalue weighted by Crippen LogP contribution is -2.49.